The van der Waals surface area contributed by atoms with Crippen LogP contribution in [0.2, 0.25) is 0 Å². The van der Waals surface area contributed by atoms with Gasteiger partial charge >= 0.3 is 5.97 Å². The largest absolute Gasteiger partial charge is 0.479 e. The van der Waals surface area contributed by atoms with Crippen molar-refractivity contribution in [3.8, 4) is 5.75 Å². The number of esters is 1. The Bertz CT molecular complexity index is 389. The van der Waals surface area contributed by atoms with Crippen LogP contribution in [0.1, 0.15) is 38.9 Å². The Balaban J connectivity index is 2.80. The SMILES string of the molecule is CCOC(=O)C(C)Oc1ccccc1[C@H](O)CC. The van der Waals surface area contributed by atoms with E-state index >= 15 is 0 Å². The van der Waals surface area contributed by atoms with Crippen LogP contribution in [0.25, 0.3) is 0 Å². The van der Waals surface area contributed by atoms with Gasteiger partial charge in [0, 0.05) is 5.56 Å². The summed E-state index contributed by atoms with van der Waals surface area (Å²) in [6.45, 7) is 5.59. The van der Waals surface area contributed by atoms with Gasteiger partial charge in [0.2, 0.25) is 0 Å². The van der Waals surface area contributed by atoms with Gasteiger partial charge in [-0.15, -0.1) is 0 Å². The van der Waals surface area contributed by atoms with Crippen molar-refractivity contribution in [2.45, 2.75) is 39.4 Å². The molecule has 0 amide bonds. The molecule has 0 heterocycles. The molecule has 0 radical (unpaired) electrons. The van der Waals surface area contributed by atoms with E-state index in [9.17, 15) is 9.90 Å². The van der Waals surface area contributed by atoms with Crippen LogP contribution in [0.4, 0.5) is 0 Å². The Morgan fingerprint density at radius 3 is 2.61 bits per heavy atom. The van der Waals surface area contributed by atoms with Crippen LogP contribution in [-0.2, 0) is 9.53 Å². The lowest BCUT2D eigenvalue weighted by Gasteiger charge is -2.18. The van der Waals surface area contributed by atoms with Crippen molar-refractivity contribution in [2.24, 2.45) is 0 Å². The molecule has 0 fully saturated rings. The van der Waals surface area contributed by atoms with Crippen molar-refractivity contribution < 1.29 is 19.4 Å². The molecule has 1 unspecified atom stereocenters. The lowest BCUT2D eigenvalue weighted by Crippen LogP contribution is -2.26. The van der Waals surface area contributed by atoms with Crippen LogP contribution in [0.3, 0.4) is 0 Å². The molecule has 1 rings (SSSR count). The highest BCUT2D eigenvalue weighted by Crippen LogP contribution is 2.27. The van der Waals surface area contributed by atoms with E-state index in [0.717, 1.165) is 0 Å². The van der Waals surface area contributed by atoms with Crippen molar-refractivity contribution in [3.63, 3.8) is 0 Å². The number of aliphatic hydroxyl groups is 1. The van der Waals surface area contributed by atoms with Gasteiger partial charge in [-0.3, -0.25) is 0 Å². The van der Waals surface area contributed by atoms with Gasteiger partial charge in [-0.1, -0.05) is 25.1 Å². The van der Waals surface area contributed by atoms with Gasteiger partial charge in [-0.25, -0.2) is 4.79 Å². The maximum Gasteiger partial charge on any atom is 0.347 e. The Morgan fingerprint density at radius 1 is 1.33 bits per heavy atom. The fraction of sp³-hybridized carbons (Fsp3) is 0.500. The summed E-state index contributed by atoms with van der Waals surface area (Å²) >= 11 is 0. The van der Waals surface area contributed by atoms with E-state index in [-0.39, 0.29) is 0 Å². The summed E-state index contributed by atoms with van der Waals surface area (Å²) in [5, 5.41) is 9.87. The Hall–Kier alpha value is -1.55. The first kappa shape index (κ1) is 14.5. The average Bonchev–Trinajstić information content (AvgIpc) is 2.38. The molecular weight excluding hydrogens is 232 g/mol. The highest BCUT2D eigenvalue weighted by Gasteiger charge is 2.19. The van der Waals surface area contributed by atoms with Crippen LogP contribution >= 0.6 is 0 Å². The number of ether oxygens (including phenoxy) is 2. The van der Waals surface area contributed by atoms with Crippen molar-refractivity contribution >= 4 is 5.97 Å². The second-order valence-electron chi connectivity index (χ2n) is 3.97. The summed E-state index contributed by atoms with van der Waals surface area (Å²) in [5.41, 5.74) is 0.691. The minimum atomic E-state index is -0.685. The normalized spacial score (nSPS) is 13.8. The second-order valence-corrected chi connectivity index (χ2v) is 3.97. The second kappa shape index (κ2) is 7.01. The summed E-state index contributed by atoms with van der Waals surface area (Å²) in [6, 6.07) is 7.17. The smallest absolute Gasteiger partial charge is 0.347 e. The van der Waals surface area contributed by atoms with E-state index in [1.54, 1.807) is 32.0 Å². The lowest BCUT2D eigenvalue weighted by atomic mass is 10.1. The molecule has 4 heteroatoms. The van der Waals surface area contributed by atoms with E-state index in [1.807, 2.05) is 13.0 Å². The quantitative estimate of drug-likeness (QED) is 0.790. The topological polar surface area (TPSA) is 55.8 Å². The third-order valence-electron chi connectivity index (χ3n) is 2.59. The molecule has 0 saturated carbocycles. The van der Waals surface area contributed by atoms with Crippen LogP contribution < -0.4 is 4.74 Å². The molecule has 1 aromatic rings. The maximum atomic E-state index is 11.5. The number of carbonyl (C=O) groups is 1. The number of hydrogen-bond donors (Lipinski definition) is 1. The zero-order chi connectivity index (χ0) is 13.5. The van der Waals surface area contributed by atoms with E-state index in [1.165, 1.54) is 0 Å². The Labute approximate surface area is 108 Å². The molecule has 0 saturated heterocycles. The number of aliphatic hydroxyl groups excluding tert-OH is 1. The van der Waals surface area contributed by atoms with Crippen LogP contribution in [0, 0.1) is 0 Å². The van der Waals surface area contributed by atoms with Gasteiger partial charge in [0.05, 0.1) is 12.7 Å². The van der Waals surface area contributed by atoms with Gasteiger partial charge < -0.3 is 14.6 Å². The molecule has 0 aliphatic heterocycles. The first-order chi connectivity index (χ1) is 8.60. The van der Waals surface area contributed by atoms with E-state index in [2.05, 4.69) is 0 Å². The van der Waals surface area contributed by atoms with Crippen LogP contribution in [-0.4, -0.2) is 23.8 Å². The summed E-state index contributed by atoms with van der Waals surface area (Å²) in [7, 11) is 0. The molecular formula is C14H20O4. The predicted octanol–water partition coefficient (Wildman–Crippen LogP) is 2.46. The third-order valence-corrected chi connectivity index (χ3v) is 2.59. The van der Waals surface area contributed by atoms with Crippen LogP contribution in [0.15, 0.2) is 24.3 Å². The van der Waals surface area contributed by atoms with Crippen molar-refractivity contribution in [1.82, 2.24) is 0 Å². The van der Waals surface area contributed by atoms with E-state index in [4.69, 9.17) is 9.47 Å². The first-order valence-electron chi connectivity index (χ1n) is 6.20. The minimum absolute atomic E-state index is 0.325. The minimum Gasteiger partial charge on any atom is -0.479 e. The molecule has 1 N–H and O–H groups in total. The zero-order valence-corrected chi connectivity index (χ0v) is 11.1. The van der Waals surface area contributed by atoms with E-state index in [0.29, 0.717) is 24.3 Å². The zero-order valence-electron chi connectivity index (χ0n) is 11.1. The summed E-state index contributed by atoms with van der Waals surface area (Å²) < 4.78 is 10.4. The molecule has 0 spiro atoms. The number of carbonyl (C=O) groups excluding carboxylic acids is 1. The molecule has 0 aliphatic rings. The first-order valence-corrected chi connectivity index (χ1v) is 6.20. The fourth-order valence-electron chi connectivity index (χ4n) is 1.58. The molecule has 18 heavy (non-hydrogen) atoms. The highest BCUT2D eigenvalue weighted by molar-refractivity contribution is 5.74. The van der Waals surface area contributed by atoms with Crippen LogP contribution in [0.5, 0.6) is 5.75 Å². The predicted molar refractivity (Wildman–Crippen MR) is 68.4 cm³/mol. The van der Waals surface area contributed by atoms with Crippen molar-refractivity contribution in [3.05, 3.63) is 29.8 Å². The van der Waals surface area contributed by atoms with Gasteiger partial charge in [-0.05, 0) is 26.3 Å². The molecule has 0 aromatic heterocycles. The summed E-state index contributed by atoms with van der Waals surface area (Å²) in [6.07, 6.45) is -0.681. The molecule has 2 atom stereocenters. The Morgan fingerprint density at radius 2 is 2.00 bits per heavy atom. The molecule has 100 valence electrons. The third kappa shape index (κ3) is 3.74. The molecule has 1 aromatic carbocycles. The Kier molecular flexibility index (Phi) is 5.65. The monoisotopic (exact) mass is 252 g/mol. The van der Waals surface area contributed by atoms with Gasteiger partial charge in [0.25, 0.3) is 0 Å². The maximum absolute atomic E-state index is 11.5. The number of para-hydroxylation sites is 1. The highest BCUT2D eigenvalue weighted by atomic mass is 16.6. The summed E-state index contributed by atoms with van der Waals surface area (Å²) in [4.78, 5) is 11.5. The molecule has 0 bridgehead atoms. The number of rotatable bonds is 6. The molecule has 0 aliphatic carbocycles. The fourth-order valence-corrected chi connectivity index (χ4v) is 1.58. The van der Waals surface area contributed by atoms with E-state index < -0.39 is 18.2 Å². The van der Waals surface area contributed by atoms with Crippen molar-refractivity contribution in [1.29, 1.82) is 0 Å². The average molecular weight is 252 g/mol. The number of hydrogen-bond acceptors (Lipinski definition) is 4. The van der Waals surface area contributed by atoms with Gasteiger partial charge in [0.1, 0.15) is 5.75 Å². The van der Waals surface area contributed by atoms with Crippen molar-refractivity contribution in [2.75, 3.05) is 6.61 Å². The lowest BCUT2D eigenvalue weighted by molar-refractivity contribution is -0.150. The van der Waals surface area contributed by atoms with Gasteiger partial charge in [0.15, 0.2) is 6.10 Å². The molecule has 4 nitrogen and oxygen atoms in total. The number of benzene rings is 1. The summed E-state index contributed by atoms with van der Waals surface area (Å²) in [5.74, 6) is 0.116. The van der Waals surface area contributed by atoms with Gasteiger partial charge in [-0.2, -0.15) is 0 Å². The standard InChI is InChI=1S/C14H20O4/c1-4-12(15)11-8-6-7-9-13(11)18-10(3)14(16)17-5-2/h6-10,12,15H,4-5H2,1-3H3/t10?,12-/m1/s1.